The number of pyridine rings is 1. The lowest BCUT2D eigenvalue weighted by atomic mass is 9.90. The molecule has 0 atom stereocenters. The fraction of sp³-hybridized carbons (Fsp3) is 0.269. The molecule has 0 radical (unpaired) electrons. The fourth-order valence-corrected chi connectivity index (χ4v) is 5.16. The van der Waals surface area contributed by atoms with Gasteiger partial charge in [-0.25, -0.2) is 14.8 Å². The molecule has 8 heteroatoms. The lowest BCUT2D eigenvalue weighted by Gasteiger charge is -2.34. The zero-order valence-corrected chi connectivity index (χ0v) is 20.3. The van der Waals surface area contributed by atoms with E-state index < -0.39 is 6.09 Å². The van der Waals surface area contributed by atoms with Gasteiger partial charge in [0, 0.05) is 31.4 Å². The van der Waals surface area contributed by atoms with Crippen molar-refractivity contribution in [3.8, 4) is 11.4 Å². The molecule has 4 aromatic rings. The summed E-state index contributed by atoms with van der Waals surface area (Å²) < 4.78 is 0.953. The third kappa shape index (κ3) is 4.92. The number of hydrogen-bond donors (Lipinski definition) is 3. The summed E-state index contributed by atoms with van der Waals surface area (Å²) in [5.41, 5.74) is 5.95. The maximum atomic E-state index is 10.7. The van der Waals surface area contributed by atoms with E-state index in [-0.39, 0.29) is 6.54 Å². The van der Waals surface area contributed by atoms with Gasteiger partial charge in [-0.3, -0.25) is 0 Å². The standard InChI is InChI=1S/C26H26BrN5O2/c27-21-16-28-25-22(30-24(31-25)20-8-6-19(7-9-20)15-29-26(33)34)23(21)32-12-10-18(11-13-32)14-17-4-2-1-3-5-17/h1-9,16,18,29H,10-15H2,(H,33,34)(H,28,30,31). The monoisotopic (exact) mass is 519 g/mol. The molecule has 174 valence electrons. The molecule has 1 saturated heterocycles. The largest absolute Gasteiger partial charge is 0.465 e. The van der Waals surface area contributed by atoms with E-state index >= 15 is 0 Å². The molecule has 0 aliphatic carbocycles. The molecular formula is C26H26BrN5O2. The summed E-state index contributed by atoms with van der Waals surface area (Å²) in [4.78, 5) is 25.9. The first kappa shape index (κ1) is 22.4. The molecule has 1 aliphatic rings. The lowest BCUT2D eigenvalue weighted by Crippen LogP contribution is -2.34. The Bertz CT molecular complexity index is 1280. The van der Waals surface area contributed by atoms with Crippen molar-refractivity contribution < 1.29 is 9.90 Å². The third-order valence-electron chi connectivity index (χ3n) is 6.41. The topological polar surface area (TPSA) is 94.1 Å². The average Bonchev–Trinajstić information content (AvgIpc) is 3.29. The van der Waals surface area contributed by atoms with Gasteiger partial charge in [-0.05, 0) is 52.2 Å². The molecular weight excluding hydrogens is 494 g/mol. The SMILES string of the molecule is O=C(O)NCc1ccc(-c2nc3c(N4CCC(Cc5ccccc5)CC4)c(Br)cnc3[nH]2)cc1. The first-order chi connectivity index (χ1) is 16.6. The van der Waals surface area contributed by atoms with Crippen LogP contribution in [0.3, 0.4) is 0 Å². The van der Waals surface area contributed by atoms with Gasteiger partial charge < -0.3 is 20.3 Å². The van der Waals surface area contributed by atoms with Crippen molar-refractivity contribution in [2.45, 2.75) is 25.8 Å². The molecule has 1 aliphatic heterocycles. The number of aromatic nitrogens is 3. The van der Waals surface area contributed by atoms with E-state index in [1.807, 2.05) is 30.5 Å². The van der Waals surface area contributed by atoms with Gasteiger partial charge in [0.1, 0.15) is 11.3 Å². The Morgan fingerprint density at radius 2 is 1.82 bits per heavy atom. The molecule has 0 unspecified atom stereocenters. The average molecular weight is 520 g/mol. The number of rotatable bonds is 6. The summed E-state index contributed by atoms with van der Waals surface area (Å²) >= 11 is 3.71. The van der Waals surface area contributed by atoms with Crippen molar-refractivity contribution in [1.82, 2.24) is 20.3 Å². The van der Waals surface area contributed by atoms with Crippen LogP contribution in [0.4, 0.5) is 10.5 Å². The highest BCUT2D eigenvalue weighted by Gasteiger charge is 2.24. The van der Waals surface area contributed by atoms with Gasteiger partial charge in [0.25, 0.3) is 0 Å². The minimum absolute atomic E-state index is 0.272. The summed E-state index contributed by atoms with van der Waals surface area (Å²) in [6.07, 6.45) is 4.24. The molecule has 3 heterocycles. The number of carboxylic acid groups (broad SMARTS) is 1. The number of piperidine rings is 1. The number of nitrogens with one attached hydrogen (secondary N) is 2. The zero-order valence-electron chi connectivity index (χ0n) is 18.7. The Morgan fingerprint density at radius 3 is 2.53 bits per heavy atom. The number of H-pyrrole nitrogens is 1. The highest BCUT2D eigenvalue weighted by atomic mass is 79.9. The maximum Gasteiger partial charge on any atom is 0.404 e. The first-order valence-corrected chi connectivity index (χ1v) is 12.3. The van der Waals surface area contributed by atoms with Crippen LogP contribution in [0.25, 0.3) is 22.6 Å². The molecule has 3 N–H and O–H groups in total. The Morgan fingerprint density at radius 1 is 1.09 bits per heavy atom. The quantitative estimate of drug-likeness (QED) is 0.307. The molecule has 0 bridgehead atoms. The Balaban J connectivity index is 1.34. The van der Waals surface area contributed by atoms with Crippen LogP contribution in [0.1, 0.15) is 24.0 Å². The first-order valence-electron chi connectivity index (χ1n) is 11.5. The van der Waals surface area contributed by atoms with Gasteiger partial charge in [-0.1, -0.05) is 54.6 Å². The van der Waals surface area contributed by atoms with Gasteiger partial charge in [-0.15, -0.1) is 0 Å². The summed E-state index contributed by atoms with van der Waals surface area (Å²) in [7, 11) is 0. The van der Waals surface area contributed by atoms with Crippen LogP contribution in [0, 0.1) is 5.92 Å². The predicted molar refractivity (Wildman–Crippen MR) is 137 cm³/mol. The van der Waals surface area contributed by atoms with Crippen molar-refractivity contribution in [3.63, 3.8) is 0 Å². The molecule has 34 heavy (non-hydrogen) atoms. The van der Waals surface area contributed by atoms with E-state index in [0.29, 0.717) is 5.92 Å². The van der Waals surface area contributed by atoms with Crippen LogP contribution in [0.15, 0.2) is 65.3 Å². The van der Waals surface area contributed by atoms with E-state index in [1.54, 1.807) is 0 Å². The number of nitrogens with zero attached hydrogens (tertiary/aromatic N) is 3. The van der Waals surface area contributed by atoms with Gasteiger partial charge in [-0.2, -0.15) is 0 Å². The van der Waals surface area contributed by atoms with Crippen molar-refractivity contribution in [2.75, 3.05) is 18.0 Å². The minimum Gasteiger partial charge on any atom is -0.465 e. The van der Waals surface area contributed by atoms with Gasteiger partial charge in [0.05, 0.1) is 10.2 Å². The van der Waals surface area contributed by atoms with Crippen molar-refractivity contribution in [3.05, 3.63) is 76.4 Å². The number of halogens is 1. The van der Waals surface area contributed by atoms with Gasteiger partial charge >= 0.3 is 6.09 Å². The lowest BCUT2D eigenvalue weighted by molar-refractivity contribution is 0.194. The highest BCUT2D eigenvalue weighted by molar-refractivity contribution is 9.10. The molecule has 5 rings (SSSR count). The molecule has 1 fully saturated rings. The maximum absolute atomic E-state index is 10.7. The molecule has 2 aromatic heterocycles. The van der Waals surface area contributed by atoms with E-state index in [4.69, 9.17) is 10.1 Å². The van der Waals surface area contributed by atoms with E-state index in [9.17, 15) is 4.79 Å². The number of anilines is 1. The number of aromatic amines is 1. The zero-order chi connectivity index (χ0) is 23.5. The summed E-state index contributed by atoms with van der Waals surface area (Å²) in [5, 5.41) is 11.2. The van der Waals surface area contributed by atoms with Crippen LogP contribution in [0.2, 0.25) is 0 Å². The molecule has 1 amide bonds. The van der Waals surface area contributed by atoms with Crippen LogP contribution in [0.5, 0.6) is 0 Å². The van der Waals surface area contributed by atoms with E-state index in [1.165, 1.54) is 5.56 Å². The fourth-order valence-electron chi connectivity index (χ4n) is 4.62. The molecule has 7 nitrogen and oxygen atoms in total. The second kappa shape index (κ2) is 9.85. The minimum atomic E-state index is -1.03. The molecule has 0 saturated carbocycles. The summed E-state index contributed by atoms with van der Waals surface area (Å²) in [6.45, 7) is 2.25. The Kier molecular flexibility index (Phi) is 6.49. The van der Waals surface area contributed by atoms with Crippen LogP contribution in [-0.4, -0.2) is 39.2 Å². The predicted octanol–water partition coefficient (Wildman–Crippen LogP) is 5.61. The van der Waals surface area contributed by atoms with E-state index in [0.717, 1.165) is 70.6 Å². The number of amides is 1. The van der Waals surface area contributed by atoms with Crippen molar-refractivity contribution >= 4 is 38.9 Å². The van der Waals surface area contributed by atoms with Crippen LogP contribution >= 0.6 is 15.9 Å². The Labute approximate surface area is 206 Å². The number of benzene rings is 2. The number of imidazole rings is 1. The van der Waals surface area contributed by atoms with Gasteiger partial charge in [0.15, 0.2) is 5.65 Å². The van der Waals surface area contributed by atoms with Gasteiger partial charge in [0.2, 0.25) is 0 Å². The Hall–Kier alpha value is -3.39. The second-order valence-corrected chi connectivity index (χ2v) is 9.57. The molecule has 2 aromatic carbocycles. The molecule has 0 spiro atoms. The number of hydrogen-bond acceptors (Lipinski definition) is 4. The smallest absolute Gasteiger partial charge is 0.404 e. The van der Waals surface area contributed by atoms with Crippen molar-refractivity contribution in [2.24, 2.45) is 5.92 Å². The normalized spacial score (nSPS) is 14.4. The summed E-state index contributed by atoms with van der Waals surface area (Å²) in [5.74, 6) is 1.44. The van der Waals surface area contributed by atoms with Crippen LogP contribution < -0.4 is 10.2 Å². The van der Waals surface area contributed by atoms with Crippen molar-refractivity contribution in [1.29, 1.82) is 0 Å². The highest BCUT2D eigenvalue weighted by Crippen LogP contribution is 2.36. The second-order valence-electron chi connectivity index (χ2n) is 8.71. The third-order valence-corrected chi connectivity index (χ3v) is 6.99. The summed E-state index contributed by atoms with van der Waals surface area (Å²) in [6, 6.07) is 18.4. The number of fused-ring (bicyclic) bond motifs is 1. The number of carbonyl (C=O) groups is 1. The van der Waals surface area contributed by atoms with Crippen LogP contribution in [-0.2, 0) is 13.0 Å². The van der Waals surface area contributed by atoms with E-state index in [2.05, 4.69) is 66.4 Å².